The van der Waals surface area contributed by atoms with E-state index in [1.807, 2.05) is 18.2 Å². The van der Waals surface area contributed by atoms with Crippen molar-refractivity contribution in [1.29, 1.82) is 0 Å². The van der Waals surface area contributed by atoms with Crippen molar-refractivity contribution in [1.82, 2.24) is 0 Å². The maximum atomic E-state index is 13.1. The number of unbranched alkanes of at least 4 members (excludes halogenated alkanes) is 1. The number of aliphatic carboxylic acids is 1. The summed E-state index contributed by atoms with van der Waals surface area (Å²) in [6.45, 7) is 0.212. The van der Waals surface area contributed by atoms with Crippen LogP contribution in [0.1, 0.15) is 31.2 Å². The summed E-state index contributed by atoms with van der Waals surface area (Å²) in [5.41, 5.74) is 1.06. The smallest absolute Gasteiger partial charge is 0.304 e. The Kier molecular flexibility index (Phi) is 7.27. The van der Waals surface area contributed by atoms with Crippen LogP contribution in [-0.4, -0.2) is 45.8 Å². The van der Waals surface area contributed by atoms with Gasteiger partial charge in [-0.05, 0) is 49.1 Å². The van der Waals surface area contributed by atoms with Crippen molar-refractivity contribution < 1.29 is 37.3 Å². The zero-order chi connectivity index (χ0) is 22.4. The Balaban J connectivity index is 1.67. The molecule has 0 spiro atoms. The van der Waals surface area contributed by atoms with Crippen molar-refractivity contribution in [3.63, 3.8) is 0 Å². The molecule has 0 fully saturated rings. The second-order valence-electron chi connectivity index (χ2n) is 7.22. The Labute approximate surface area is 181 Å². The van der Waals surface area contributed by atoms with E-state index in [9.17, 15) is 18.3 Å². The molecule has 2 aromatic carbocycles. The maximum absolute atomic E-state index is 13.1. The van der Waals surface area contributed by atoms with Gasteiger partial charge in [0.05, 0.1) is 30.8 Å². The van der Waals surface area contributed by atoms with Crippen LogP contribution in [0, 0.1) is 0 Å². The van der Waals surface area contributed by atoms with Crippen LogP contribution >= 0.6 is 0 Å². The van der Waals surface area contributed by atoms with Crippen LogP contribution in [0.2, 0.25) is 0 Å². The summed E-state index contributed by atoms with van der Waals surface area (Å²) in [5.74, 6) is 0.953. The van der Waals surface area contributed by atoms with Gasteiger partial charge in [0.1, 0.15) is 0 Å². The number of carboxylic acids is 1. The van der Waals surface area contributed by atoms with Gasteiger partial charge in [-0.1, -0.05) is 12.5 Å². The first-order valence-corrected chi connectivity index (χ1v) is 11.5. The molecule has 1 aliphatic heterocycles. The summed E-state index contributed by atoms with van der Waals surface area (Å²) >= 11 is 0. The van der Waals surface area contributed by atoms with Crippen LogP contribution in [0.25, 0.3) is 0 Å². The summed E-state index contributed by atoms with van der Waals surface area (Å²) in [6, 6.07) is 10.0. The second-order valence-corrected chi connectivity index (χ2v) is 9.44. The van der Waals surface area contributed by atoms with E-state index in [1.165, 1.54) is 32.4 Å². The van der Waals surface area contributed by atoms with Gasteiger partial charge in [-0.2, -0.15) is 0 Å². The Morgan fingerprint density at radius 2 is 1.77 bits per heavy atom. The minimum Gasteiger partial charge on any atom is -0.493 e. The largest absolute Gasteiger partial charge is 0.493 e. The molecule has 0 aliphatic carbocycles. The number of methoxy groups -OCH3 is 2. The number of carboxylic acid groups (broad SMARTS) is 1. The van der Waals surface area contributed by atoms with Gasteiger partial charge in [0.15, 0.2) is 32.8 Å². The van der Waals surface area contributed by atoms with Crippen molar-refractivity contribution in [2.45, 2.75) is 42.2 Å². The van der Waals surface area contributed by atoms with Gasteiger partial charge in [0, 0.05) is 6.07 Å². The molecule has 1 atom stereocenters. The molecule has 1 unspecified atom stereocenters. The molecule has 168 valence electrons. The summed E-state index contributed by atoms with van der Waals surface area (Å²) in [7, 11) is -0.986. The third-order valence-electron chi connectivity index (χ3n) is 5.20. The first-order chi connectivity index (χ1) is 14.8. The van der Waals surface area contributed by atoms with Crippen LogP contribution in [0.5, 0.6) is 23.0 Å². The highest BCUT2D eigenvalue weighted by Crippen LogP contribution is 2.34. The van der Waals surface area contributed by atoms with Crippen LogP contribution in [0.4, 0.5) is 0 Å². The molecule has 8 nitrogen and oxygen atoms in total. The molecule has 0 saturated carbocycles. The number of hydrogen-bond acceptors (Lipinski definition) is 7. The van der Waals surface area contributed by atoms with Gasteiger partial charge >= 0.3 is 5.97 Å². The van der Waals surface area contributed by atoms with Gasteiger partial charge in [0.25, 0.3) is 0 Å². The van der Waals surface area contributed by atoms with Crippen molar-refractivity contribution in [3.8, 4) is 23.0 Å². The predicted molar refractivity (Wildman–Crippen MR) is 113 cm³/mol. The predicted octanol–water partition coefficient (Wildman–Crippen LogP) is 3.46. The van der Waals surface area contributed by atoms with E-state index < -0.39 is 27.5 Å². The molecule has 31 heavy (non-hydrogen) atoms. The summed E-state index contributed by atoms with van der Waals surface area (Å²) in [4.78, 5) is 11.4. The average molecular weight is 451 g/mol. The van der Waals surface area contributed by atoms with Gasteiger partial charge < -0.3 is 24.1 Å². The molecule has 9 heteroatoms. The zero-order valence-corrected chi connectivity index (χ0v) is 18.3. The molecule has 0 bridgehead atoms. The van der Waals surface area contributed by atoms with E-state index in [0.29, 0.717) is 23.7 Å². The lowest BCUT2D eigenvalue weighted by molar-refractivity contribution is -0.137. The molecule has 1 aliphatic rings. The number of carbonyl (C=O) groups is 1. The normalized spacial score (nSPS) is 13.6. The minimum absolute atomic E-state index is 0.0205. The highest BCUT2D eigenvalue weighted by atomic mass is 32.2. The lowest BCUT2D eigenvalue weighted by Gasteiger charge is -2.17. The monoisotopic (exact) mass is 450 g/mol. The fraction of sp³-hybridized carbons (Fsp3) is 0.409. The Hall–Kier alpha value is -2.94. The van der Waals surface area contributed by atoms with Gasteiger partial charge in [-0.3, -0.25) is 4.79 Å². The SMILES string of the molecule is COc1ccc(S(=O)(=O)C(CCCCc2ccc3c(c2)OCO3)CC(=O)O)cc1OC. The van der Waals surface area contributed by atoms with Crippen molar-refractivity contribution >= 4 is 15.8 Å². The summed E-state index contributed by atoms with van der Waals surface area (Å²) in [6.07, 6.45) is 1.80. The number of benzene rings is 2. The number of ether oxygens (including phenoxy) is 4. The lowest BCUT2D eigenvalue weighted by Crippen LogP contribution is -2.25. The highest BCUT2D eigenvalue weighted by molar-refractivity contribution is 7.92. The third kappa shape index (κ3) is 5.41. The summed E-state index contributed by atoms with van der Waals surface area (Å²) < 4.78 is 47.3. The van der Waals surface area contributed by atoms with E-state index in [1.54, 1.807) is 0 Å². The van der Waals surface area contributed by atoms with E-state index in [4.69, 9.17) is 18.9 Å². The Bertz CT molecular complexity index is 1030. The quantitative estimate of drug-likeness (QED) is 0.519. The van der Waals surface area contributed by atoms with Crippen molar-refractivity contribution in [3.05, 3.63) is 42.0 Å². The van der Waals surface area contributed by atoms with Crippen LogP contribution < -0.4 is 18.9 Å². The molecule has 1 N–H and O–H groups in total. The standard InChI is InChI=1S/C22H26O8S/c1-27-18-10-8-17(12-20(18)28-2)31(25,26)16(13-22(23)24)6-4-3-5-15-7-9-19-21(11-15)30-14-29-19/h7-12,16H,3-6,13-14H2,1-2H3,(H,23,24). The molecule has 0 saturated heterocycles. The molecule has 0 amide bonds. The fourth-order valence-electron chi connectivity index (χ4n) is 3.55. The van der Waals surface area contributed by atoms with Crippen molar-refractivity contribution in [2.75, 3.05) is 21.0 Å². The van der Waals surface area contributed by atoms with Crippen LogP contribution in [0.3, 0.4) is 0 Å². The molecule has 0 aromatic heterocycles. The van der Waals surface area contributed by atoms with E-state index in [0.717, 1.165) is 18.4 Å². The van der Waals surface area contributed by atoms with Crippen LogP contribution in [0.15, 0.2) is 41.3 Å². The maximum Gasteiger partial charge on any atom is 0.304 e. The van der Waals surface area contributed by atoms with Crippen molar-refractivity contribution in [2.24, 2.45) is 0 Å². The first-order valence-electron chi connectivity index (χ1n) is 9.91. The zero-order valence-electron chi connectivity index (χ0n) is 17.5. The molecule has 3 rings (SSSR count). The van der Waals surface area contributed by atoms with E-state index in [-0.39, 0.29) is 23.9 Å². The highest BCUT2D eigenvalue weighted by Gasteiger charge is 2.30. The molecule has 2 aromatic rings. The van der Waals surface area contributed by atoms with E-state index >= 15 is 0 Å². The van der Waals surface area contributed by atoms with Gasteiger partial charge in [0.2, 0.25) is 6.79 Å². The first kappa shape index (κ1) is 22.7. The second kappa shape index (κ2) is 9.91. The van der Waals surface area contributed by atoms with Crippen LogP contribution in [-0.2, 0) is 21.1 Å². The molecular weight excluding hydrogens is 424 g/mol. The number of sulfone groups is 1. The Morgan fingerprint density at radius 3 is 2.48 bits per heavy atom. The molecular formula is C22H26O8S. The third-order valence-corrected chi connectivity index (χ3v) is 7.39. The van der Waals surface area contributed by atoms with Gasteiger partial charge in [-0.25, -0.2) is 8.42 Å². The average Bonchev–Trinajstić information content (AvgIpc) is 3.22. The number of aryl methyl sites for hydroxylation is 1. The molecule has 0 radical (unpaired) electrons. The topological polar surface area (TPSA) is 108 Å². The lowest BCUT2D eigenvalue weighted by atomic mass is 10.0. The molecule has 1 heterocycles. The number of fused-ring (bicyclic) bond motifs is 1. The number of hydrogen-bond donors (Lipinski definition) is 1. The minimum atomic E-state index is -3.86. The van der Waals surface area contributed by atoms with E-state index in [2.05, 4.69) is 0 Å². The Morgan fingerprint density at radius 1 is 1.03 bits per heavy atom. The number of rotatable bonds is 11. The van der Waals surface area contributed by atoms with Gasteiger partial charge in [-0.15, -0.1) is 0 Å². The summed E-state index contributed by atoms with van der Waals surface area (Å²) in [5, 5.41) is 8.24. The fourth-order valence-corrected chi connectivity index (χ4v) is 5.30.